The van der Waals surface area contributed by atoms with Crippen LogP contribution >= 0.6 is 0 Å². The van der Waals surface area contributed by atoms with Crippen LogP contribution in [-0.2, 0) is 4.79 Å². The summed E-state index contributed by atoms with van der Waals surface area (Å²) in [5.74, 6) is -0.232. The summed E-state index contributed by atoms with van der Waals surface area (Å²) in [5, 5.41) is 2.65. The van der Waals surface area contributed by atoms with E-state index in [0.717, 1.165) is 19.4 Å². The molecule has 108 valence electrons. The second-order valence-electron chi connectivity index (χ2n) is 4.51. The number of anilines is 1. The van der Waals surface area contributed by atoms with Gasteiger partial charge in [0.1, 0.15) is 0 Å². The van der Waals surface area contributed by atoms with Gasteiger partial charge in [0.25, 0.3) is 5.91 Å². The third-order valence-corrected chi connectivity index (χ3v) is 3.04. The minimum Gasteiger partial charge on any atom is -0.339 e. The van der Waals surface area contributed by atoms with Gasteiger partial charge in [-0.3, -0.25) is 9.59 Å². The zero-order valence-electron chi connectivity index (χ0n) is 12.2. The third-order valence-electron chi connectivity index (χ3n) is 3.04. The number of nitrogens with one attached hydrogen (secondary N) is 1. The Labute approximate surface area is 120 Å². The van der Waals surface area contributed by atoms with Gasteiger partial charge in [0, 0.05) is 24.3 Å². The Bertz CT molecular complexity index is 466. The predicted octanol–water partition coefficient (Wildman–Crippen LogP) is 3.07. The Morgan fingerprint density at radius 1 is 1.25 bits per heavy atom. The quantitative estimate of drug-likeness (QED) is 0.777. The van der Waals surface area contributed by atoms with Crippen molar-refractivity contribution >= 4 is 17.5 Å². The van der Waals surface area contributed by atoms with Gasteiger partial charge in [-0.2, -0.15) is 0 Å². The van der Waals surface area contributed by atoms with Crippen LogP contribution in [0.1, 0.15) is 37.0 Å². The first-order valence-electron chi connectivity index (χ1n) is 6.95. The minimum atomic E-state index is -0.262. The van der Waals surface area contributed by atoms with Gasteiger partial charge in [-0.05, 0) is 43.7 Å². The van der Waals surface area contributed by atoms with Crippen LogP contribution in [0.4, 0.5) is 5.69 Å². The molecule has 4 heteroatoms. The lowest BCUT2D eigenvalue weighted by molar-refractivity contribution is -0.111. The number of hydrogen-bond acceptors (Lipinski definition) is 2. The lowest BCUT2D eigenvalue weighted by atomic mass is 10.1. The van der Waals surface area contributed by atoms with Crippen LogP contribution in [0.5, 0.6) is 0 Å². The van der Waals surface area contributed by atoms with E-state index in [1.54, 1.807) is 24.3 Å². The molecule has 0 spiro atoms. The largest absolute Gasteiger partial charge is 0.339 e. The average Bonchev–Trinajstić information content (AvgIpc) is 2.48. The summed E-state index contributed by atoms with van der Waals surface area (Å²) in [6.07, 6.45) is 3.28. The summed E-state index contributed by atoms with van der Waals surface area (Å²) >= 11 is 0. The van der Waals surface area contributed by atoms with E-state index < -0.39 is 0 Å². The van der Waals surface area contributed by atoms with Crippen LogP contribution in [0, 0.1) is 0 Å². The van der Waals surface area contributed by atoms with Crippen molar-refractivity contribution in [2.45, 2.75) is 26.7 Å². The maximum atomic E-state index is 12.3. The van der Waals surface area contributed by atoms with Crippen molar-refractivity contribution < 1.29 is 9.59 Å². The number of unbranched alkanes of at least 4 members (excludes halogenated alkanes) is 1. The molecule has 0 atom stereocenters. The highest BCUT2D eigenvalue weighted by Gasteiger charge is 2.13. The van der Waals surface area contributed by atoms with E-state index in [1.807, 2.05) is 11.8 Å². The molecule has 0 fully saturated rings. The molecule has 0 radical (unpaired) electrons. The maximum absolute atomic E-state index is 12.3. The van der Waals surface area contributed by atoms with Crippen LogP contribution in [0.3, 0.4) is 0 Å². The second kappa shape index (κ2) is 8.15. The van der Waals surface area contributed by atoms with Gasteiger partial charge in [-0.25, -0.2) is 0 Å². The summed E-state index contributed by atoms with van der Waals surface area (Å²) < 4.78 is 0. The molecule has 1 N–H and O–H groups in total. The van der Waals surface area contributed by atoms with Crippen LogP contribution in [-0.4, -0.2) is 29.8 Å². The molecule has 0 bridgehead atoms. The first kappa shape index (κ1) is 16.0. The molecule has 0 saturated heterocycles. The number of carbonyl (C=O) groups is 2. The number of rotatable bonds is 7. The lowest BCUT2D eigenvalue weighted by Crippen LogP contribution is -2.31. The second-order valence-corrected chi connectivity index (χ2v) is 4.51. The Hall–Kier alpha value is -2.10. The minimum absolute atomic E-state index is 0.0301. The molecule has 0 aromatic heterocycles. The maximum Gasteiger partial charge on any atom is 0.253 e. The molecule has 0 aliphatic heterocycles. The van der Waals surface area contributed by atoms with Gasteiger partial charge in [0.2, 0.25) is 5.91 Å². The fourth-order valence-electron chi connectivity index (χ4n) is 1.82. The zero-order valence-corrected chi connectivity index (χ0v) is 12.2. The zero-order chi connectivity index (χ0) is 15.0. The molecule has 1 aromatic rings. The molecular formula is C16H22N2O2. The molecular weight excluding hydrogens is 252 g/mol. The normalized spacial score (nSPS) is 9.90. The average molecular weight is 274 g/mol. The summed E-state index contributed by atoms with van der Waals surface area (Å²) in [5.41, 5.74) is 1.29. The molecule has 0 saturated carbocycles. The van der Waals surface area contributed by atoms with E-state index in [-0.39, 0.29) is 11.8 Å². The van der Waals surface area contributed by atoms with E-state index >= 15 is 0 Å². The SMILES string of the molecule is C=CC(=O)Nc1ccc(C(=O)N(CC)CCCC)cc1. The molecule has 20 heavy (non-hydrogen) atoms. The van der Waals surface area contributed by atoms with Crippen molar-refractivity contribution in [2.75, 3.05) is 18.4 Å². The topological polar surface area (TPSA) is 49.4 Å². The number of nitrogens with zero attached hydrogens (tertiary/aromatic N) is 1. The molecule has 4 nitrogen and oxygen atoms in total. The van der Waals surface area contributed by atoms with Crippen LogP contribution in [0.2, 0.25) is 0 Å². The molecule has 1 rings (SSSR count). The van der Waals surface area contributed by atoms with E-state index in [9.17, 15) is 9.59 Å². The van der Waals surface area contributed by atoms with E-state index in [0.29, 0.717) is 17.8 Å². The predicted molar refractivity (Wildman–Crippen MR) is 81.8 cm³/mol. The Kier molecular flexibility index (Phi) is 6.50. The fourth-order valence-corrected chi connectivity index (χ4v) is 1.82. The smallest absolute Gasteiger partial charge is 0.253 e. The summed E-state index contributed by atoms with van der Waals surface area (Å²) in [7, 11) is 0. The number of hydrogen-bond donors (Lipinski definition) is 1. The monoisotopic (exact) mass is 274 g/mol. The lowest BCUT2D eigenvalue weighted by Gasteiger charge is -2.20. The third kappa shape index (κ3) is 4.53. The van der Waals surface area contributed by atoms with Gasteiger partial charge >= 0.3 is 0 Å². The van der Waals surface area contributed by atoms with Crippen LogP contribution in [0.25, 0.3) is 0 Å². The van der Waals surface area contributed by atoms with Crippen LogP contribution in [0.15, 0.2) is 36.9 Å². The Morgan fingerprint density at radius 3 is 2.40 bits per heavy atom. The molecule has 0 aliphatic rings. The van der Waals surface area contributed by atoms with Crippen molar-refractivity contribution in [1.29, 1.82) is 0 Å². The van der Waals surface area contributed by atoms with Crippen LogP contribution < -0.4 is 5.32 Å². The first-order chi connectivity index (χ1) is 9.62. The number of amides is 2. The molecule has 0 unspecified atom stereocenters. The summed E-state index contributed by atoms with van der Waals surface area (Å²) in [6.45, 7) is 8.96. The van der Waals surface area contributed by atoms with E-state index in [4.69, 9.17) is 0 Å². The van der Waals surface area contributed by atoms with Crippen molar-refractivity contribution in [2.24, 2.45) is 0 Å². The number of carbonyl (C=O) groups excluding carboxylic acids is 2. The standard InChI is InChI=1S/C16H22N2O2/c1-4-7-12-18(6-3)16(20)13-8-10-14(11-9-13)17-15(19)5-2/h5,8-11H,2,4,6-7,12H2,1,3H3,(H,17,19). The van der Waals surface area contributed by atoms with Gasteiger partial charge in [-0.1, -0.05) is 19.9 Å². The highest BCUT2D eigenvalue weighted by molar-refractivity contribution is 5.99. The Morgan fingerprint density at radius 2 is 1.90 bits per heavy atom. The van der Waals surface area contributed by atoms with Gasteiger partial charge in [0.15, 0.2) is 0 Å². The van der Waals surface area contributed by atoms with Gasteiger partial charge in [0.05, 0.1) is 0 Å². The highest BCUT2D eigenvalue weighted by Crippen LogP contribution is 2.12. The molecule has 1 aromatic carbocycles. The molecule has 0 heterocycles. The van der Waals surface area contributed by atoms with Gasteiger partial charge in [-0.15, -0.1) is 0 Å². The summed E-state index contributed by atoms with van der Waals surface area (Å²) in [4.78, 5) is 25.3. The fraction of sp³-hybridized carbons (Fsp3) is 0.375. The first-order valence-corrected chi connectivity index (χ1v) is 6.95. The number of benzene rings is 1. The Balaban J connectivity index is 2.73. The highest BCUT2D eigenvalue weighted by atomic mass is 16.2. The molecule has 2 amide bonds. The van der Waals surface area contributed by atoms with E-state index in [2.05, 4.69) is 18.8 Å². The van der Waals surface area contributed by atoms with E-state index in [1.165, 1.54) is 6.08 Å². The van der Waals surface area contributed by atoms with Crippen molar-refractivity contribution in [3.05, 3.63) is 42.5 Å². The summed E-state index contributed by atoms with van der Waals surface area (Å²) in [6, 6.07) is 6.91. The van der Waals surface area contributed by atoms with Gasteiger partial charge < -0.3 is 10.2 Å². The van der Waals surface area contributed by atoms with Crippen molar-refractivity contribution in [3.63, 3.8) is 0 Å². The molecule has 0 aliphatic carbocycles. The van der Waals surface area contributed by atoms with Crippen molar-refractivity contribution in [1.82, 2.24) is 4.90 Å². The van der Waals surface area contributed by atoms with Crippen molar-refractivity contribution in [3.8, 4) is 0 Å².